The molecule has 132 valence electrons. The van der Waals surface area contributed by atoms with Crippen LogP contribution >= 0.6 is 37.0 Å². The lowest BCUT2D eigenvalue weighted by molar-refractivity contribution is 0.898. The Balaban J connectivity index is 0.00000156. The number of anilines is 1. The highest BCUT2D eigenvalue weighted by Gasteiger charge is 2.15. The van der Waals surface area contributed by atoms with Gasteiger partial charge in [-0.2, -0.15) is 5.10 Å². The van der Waals surface area contributed by atoms with Gasteiger partial charge in [0, 0.05) is 29.9 Å². The zero-order valence-corrected chi connectivity index (χ0v) is 15.8. The summed E-state index contributed by atoms with van der Waals surface area (Å²) in [7, 11) is 0. The molecule has 0 saturated carbocycles. The van der Waals surface area contributed by atoms with Crippen molar-refractivity contribution in [3.05, 3.63) is 72.6 Å². The summed E-state index contributed by atoms with van der Waals surface area (Å²) >= 11 is 5.55. The van der Waals surface area contributed by atoms with Crippen LogP contribution in [0.25, 0.3) is 11.1 Å². The Bertz CT molecular complexity index is 762. The molecule has 0 aliphatic rings. The SMILES string of the molecule is Cl.Cl.NCC(C(=S)Nc1ccc(-c2cn[nH]c2)cc1)c1ccccc1. The minimum Gasteiger partial charge on any atom is -0.349 e. The summed E-state index contributed by atoms with van der Waals surface area (Å²) in [5, 5.41) is 10.1. The van der Waals surface area contributed by atoms with Crippen molar-refractivity contribution in [1.29, 1.82) is 0 Å². The Morgan fingerprint density at radius 1 is 1.04 bits per heavy atom. The molecule has 0 spiro atoms. The summed E-state index contributed by atoms with van der Waals surface area (Å²) in [5.41, 5.74) is 10.2. The first-order chi connectivity index (χ1) is 11.3. The number of nitrogens with two attached hydrogens (primary N) is 1. The molecule has 3 rings (SSSR count). The summed E-state index contributed by atoms with van der Waals surface area (Å²) in [6.45, 7) is 0.475. The number of hydrogen-bond donors (Lipinski definition) is 3. The van der Waals surface area contributed by atoms with Crippen molar-refractivity contribution in [3.63, 3.8) is 0 Å². The molecular weight excluding hydrogens is 375 g/mol. The second-order valence-electron chi connectivity index (χ2n) is 5.25. The van der Waals surface area contributed by atoms with Crippen molar-refractivity contribution >= 4 is 47.7 Å². The van der Waals surface area contributed by atoms with Gasteiger partial charge in [0.1, 0.15) is 0 Å². The fraction of sp³-hybridized carbons (Fsp3) is 0.111. The molecule has 0 aliphatic carbocycles. The molecule has 4 nitrogen and oxygen atoms in total. The third kappa shape index (κ3) is 5.28. The van der Waals surface area contributed by atoms with Crippen molar-refractivity contribution in [3.8, 4) is 11.1 Å². The van der Waals surface area contributed by atoms with Crippen LogP contribution in [-0.2, 0) is 0 Å². The van der Waals surface area contributed by atoms with Gasteiger partial charge in [0.2, 0.25) is 0 Å². The Morgan fingerprint density at radius 3 is 2.28 bits per heavy atom. The number of nitrogens with zero attached hydrogens (tertiary/aromatic N) is 1. The smallest absolute Gasteiger partial charge is 0.0885 e. The highest BCUT2D eigenvalue weighted by molar-refractivity contribution is 7.80. The van der Waals surface area contributed by atoms with E-state index in [1.807, 2.05) is 60.8 Å². The fourth-order valence-corrected chi connectivity index (χ4v) is 2.81. The van der Waals surface area contributed by atoms with Crippen LogP contribution in [0, 0.1) is 0 Å². The number of hydrogen-bond acceptors (Lipinski definition) is 3. The van der Waals surface area contributed by atoms with Crippen LogP contribution in [0.15, 0.2) is 67.0 Å². The first kappa shape index (κ1) is 21.1. The van der Waals surface area contributed by atoms with Crippen LogP contribution in [0.3, 0.4) is 0 Å². The zero-order valence-electron chi connectivity index (χ0n) is 13.4. The predicted molar refractivity (Wildman–Crippen MR) is 113 cm³/mol. The molecule has 0 saturated heterocycles. The molecule has 0 radical (unpaired) electrons. The first-order valence-electron chi connectivity index (χ1n) is 7.43. The molecule has 0 amide bonds. The van der Waals surface area contributed by atoms with Crippen molar-refractivity contribution in [2.24, 2.45) is 5.73 Å². The number of nitrogens with one attached hydrogen (secondary N) is 2. The lowest BCUT2D eigenvalue weighted by Gasteiger charge is -2.18. The summed E-state index contributed by atoms with van der Waals surface area (Å²) in [5.74, 6) is 0.0137. The van der Waals surface area contributed by atoms with Crippen molar-refractivity contribution in [2.75, 3.05) is 11.9 Å². The van der Waals surface area contributed by atoms with Crippen LogP contribution in [0.4, 0.5) is 5.69 Å². The van der Waals surface area contributed by atoms with Gasteiger partial charge >= 0.3 is 0 Å². The standard InChI is InChI=1S/C18H18N4S.2ClH/c19-10-17(14-4-2-1-3-5-14)18(23)22-16-8-6-13(7-9-16)15-11-20-21-12-15;;/h1-9,11-12,17H,10,19H2,(H,20,21)(H,22,23);2*1H. The molecule has 3 aromatic rings. The van der Waals surface area contributed by atoms with Gasteiger partial charge in [-0.3, -0.25) is 5.10 Å². The first-order valence-corrected chi connectivity index (χ1v) is 7.84. The topological polar surface area (TPSA) is 66.7 Å². The number of rotatable bonds is 5. The van der Waals surface area contributed by atoms with Crippen molar-refractivity contribution in [1.82, 2.24) is 10.2 Å². The minimum absolute atomic E-state index is 0. The molecular formula is C18H20Cl2N4S. The molecule has 1 heterocycles. The van der Waals surface area contributed by atoms with Crippen molar-refractivity contribution in [2.45, 2.75) is 5.92 Å². The van der Waals surface area contributed by atoms with Gasteiger partial charge in [-0.1, -0.05) is 54.7 Å². The highest BCUT2D eigenvalue weighted by atomic mass is 35.5. The van der Waals surface area contributed by atoms with E-state index in [-0.39, 0.29) is 30.7 Å². The predicted octanol–water partition coefficient (Wildman–Crippen LogP) is 4.40. The van der Waals surface area contributed by atoms with Gasteiger partial charge in [-0.05, 0) is 23.3 Å². The lowest BCUT2D eigenvalue weighted by atomic mass is 9.99. The molecule has 4 N–H and O–H groups in total. The van der Waals surface area contributed by atoms with E-state index in [0.29, 0.717) is 6.54 Å². The van der Waals surface area contributed by atoms with Crippen LogP contribution in [-0.4, -0.2) is 21.7 Å². The maximum Gasteiger partial charge on any atom is 0.0885 e. The monoisotopic (exact) mass is 394 g/mol. The molecule has 0 bridgehead atoms. The van der Waals surface area contributed by atoms with Gasteiger partial charge in [0.25, 0.3) is 0 Å². The third-order valence-corrected chi connectivity index (χ3v) is 4.12. The minimum atomic E-state index is 0. The Hall–Kier alpha value is -1.92. The maximum atomic E-state index is 5.91. The summed E-state index contributed by atoms with van der Waals surface area (Å²) < 4.78 is 0. The Morgan fingerprint density at radius 2 is 1.72 bits per heavy atom. The molecule has 1 atom stereocenters. The number of aromatic nitrogens is 2. The maximum absolute atomic E-state index is 5.91. The molecule has 1 unspecified atom stereocenters. The zero-order chi connectivity index (χ0) is 16.1. The molecule has 0 aliphatic heterocycles. The van der Waals surface area contributed by atoms with E-state index < -0.39 is 0 Å². The van der Waals surface area contributed by atoms with Gasteiger partial charge in [-0.15, -0.1) is 24.8 Å². The fourth-order valence-electron chi connectivity index (χ4n) is 2.46. The number of benzene rings is 2. The molecule has 0 fully saturated rings. The van der Waals surface area contributed by atoms with Crippen LogP contribution in [0.2, 0.25) is 0 Å². The second-order valence-corrected chi connectivity index (χ2v) is 5.69. The molecule has 7 heteroatoms. The third-order valence-electron chi connectivity index (χ3n) is 3.74. The van der Waals surface area contributed by atoms with E-state index in [2.05, 4.69) is 15.5 Å². The normalized spacial score (nSPS) is 10.9. The molecule has 25 heavy (non-hydrogen) atoms. The van der Waals surface area contributed by atoms with Crippen LogP contribution in [0.1, 0.15) is 11.5 Å². The average Bonchev–Trinajstić information content (AvgIpc) is 3.12. The number of aromatic amines is 1. The van der Waals surface area contributed by atoms with Crippen molar-refractivity contribution < 1.29 is 0 Å². The van der Waals surface area contributed by atoms with Gasteiger partial charge in [-0.25, -0.2) is 0 Å². The van der Waals surface area contributed by atoms with E-state index in [0.717, 1.165) is 27.4 Å². The lowest BCUT2D eigenvalue weighted by Crippen LogP contribution is -2.25. The Kier molecular flexibility index (Phi) is 8.58. The average molecular weight is 395 g/mol. The number of thiocarbonyl (C=S) groups is 1. The number of halogens is 2. The number of H-pyrrole nitrogens is 1. The van der Waals surface area contributed by atoms with E-state index in [9.17, 15) is 0 Å². The largest absolute Gasteiger partial charge is 0.349 e. The molecule has 1 aromatic heterocycles. The summed E-state index contributed by atoms with van der Waals surface area (Å²) in [6.07, 6.45) is 3.67. The van der Waals surface area contributed by atoms with Gasteiger partial charge in [0.05, 0.1) is 11.2 Å². The second kappa shape index (κ2) is 10.2. The van der Waals surface area contributed by atoms with E-state index in [1.165, 1.54) is 0 Å². The van der Waals surface area contributed by atoms with Crippen LogP contribution in [0.5, 0.6) is 0 Å². The summed E-state index contributed by atoms with van der Waals surface area (Å²) in [4.78, 5) is 0.731. The highest BCUT2D eigenvalue weighted by Crippen LogP contribution is 2.22. The summed E-state index contributed by atoms with van der Waals surface area (Å²) in [6, 6.07) is 18.2. The molecule has 2 aromatic carbocycles. The van der Waals surface area contributed by atoms with Gasteiger partial charge < -0.3 is 11.1 Å². The Labute approximate surface area is 165 Å². The van der Waals surface area contributed by atoms with E-state index in [4.69, 9.17) is 18.0 Å². The van der Waals surface area contributed by atoms with Crippen LogP contribution < -0.4 is 11.1 Å². The van der Waals surface area contributed by atoms with Gasteiger partial charge in [0.15, 0.2) is 0 Å². The van der Waals surface area contributed by atoms with E-state index >= 15 is 0 Å². The quantitative estimate of drug-likeness (QED) is 0.560. The van der Waals surface area contributed by atoms with E-state index in [1.54, 1.807) is 6.20 Å².